The molecule has 0 saturated carbocycles. The van der Waals surface area contributed by atoms with Crippen LogP contribution in [-0.2, 0) is 4.74 Å². The van der Waals surface area contributed by atoms with Crippen molar-refractivity contribution < 1.29 is 4.74 Å². The van der Waals surface area contributed by atoms with Crippen molar-refractivity contribution in [1.29, 1.82) is 0 Å². The second-order valence-corrected chi connectivity index (χ2v) is 3.28. The van der Waals surface area contributed by atoms with Gasteiger partial charge in [-0.05, 0) is 19.3 Å². The summed E-state index contributed by atoms with van der Waals surface area (Å²) < 4.78 is 5.25. The molecule has 1 unspecified atom stereocenters. The van der Waals surface area contributed by atoms with Gasteiger partial charge in [-0.15, -0.1) is 11.6 Å². The van der Waals surface area contributed by atoms with Crippen LogP contribution in [-0.4, -0.2) is 17.5 Å². The maximum atomic E-state index is 5.91. The van der Waals surface area contributed by atoms with Crippen LogP contribution in [0.2, 0.25) is 0 Å². The lowest BCUT2D eigenvalue weighted by molar-refractivity contribution is -0.00138. The van der Waals surface area contributed by atoms with Gasteiger partial charge >= 0.3 is 0 Å². The van der Waals surface area contributed by atoms with Gasteiger partial charge in [0.15, 0.2) is 5.06 Å². The second-order valence-electron chi connectivity index (χ2n) is 2.32. The highest BCUT2D eigenvalue weighted by Crippen LogP contribution is 2.29. The van der Waals surface area contributed by atoms with Gasteiger partial charge in [0.05, 0.1) is 5.88 Å². The largest absolute Gasteiger partial charge is 0.359 e. The molecule has 9 heavy (non-hydrogen) atoms. The Morgan fingerprint density at radius 2 is 2.22 bits per heavy atom. The zero-order chi connectivity index (χ0) is 6.74. The van der Waals surface area contributed by atoms with Crippen molar-refractivity contribution in [2.45, 2.75) is 24.3 Å². The summed E-state index contributed by atoms with van der Waals surface area (Å²) in [5.74, 6) is 0.397. The van der Waals surface area contributed by atoms with Crippen LogP contribution in [0.25, 0.3) is 0 Å². The summed E-state index contributed by atoms with van der Waals surface area (Å²) in [5, 5.41) is -0.542. The van der Waals surface area contributed by atoms with Crippen LogP contribution in [0.15, 0.2) is 0 Å². The van der Waals surface area contributed by atoms with Crippen LogP contribution in [0.5, 0.6) is 0 Å². The van der Waals surface area contributed by atoms with Gasteiger partial charge in [0.1, 0.15) is 0 Å². The number of hydrogen-bond acceptors (Lipinski definition) is 1. The number of hydrogen-bond donors (Lipinski definition) is 0. The molecule has 0 aliphatic carbocycles. The summed E-state index contributed by atoms with van der Waals surface area (Å²) in [6.07, 6.45) is 3.14. The van der Waals surface area contributed by atoms with Gasteiger partial charge in [-0.3, -0.25) is 0 Å². The predicted molar refractivity (Wildman–Crippen MR) is 39.1 cm³/mol. The van der Waals surface area contributed by atoms with Gasteiger partial charge in [0.2, 0.25) is 0 Å². The van der Waals surface area contributed by atoms with Crippen molar-refractivity contribution >= 4 is 23.2 Å². The molecule has 0 amide bonds. The molecule has 1 saturated heterocycles. The number of rotatable bonds is 1. The Labute approximate surface area is 65.3 Å². The third-order valence-corrected chi connectivity index (χ3v) is 2.50. The van der Waals surface area contributed by atoms with Crippen LogP contribution < -0.4 is 0 Å². The number of halogens is 2. The molecule has 0 spiro atoms. The Morgan fingerprint density at radius 3 is 2.56 bits per heavy atom. The first kappa shape index (κ1) is 7.64. The Morgan fingerprint density at radius 1 is 1.44 bits per heavy atom. The maximum Gasteiger partial charge on any atom is 0.155 e. The molecule has 3 heteroatoms. The lowest BCUT2D eigenvalue weighted by Gasteiger charge is -2.28. The average molecular weight is 169 g/mol. The molecule has 1 nitrogen and oxygen atoms in total. The van der Waals surface area contributed by atoms with Crippen molar-refractivity contribution in [2.24, 2.45) is 0 Å². The third kappa shape index (κ3) is 1.99. The molecule has 1 fully saturated rings. The van der Waals surface area contributed by atoms with Gasteiger partial charge < -0.3 is 4.74 Å². The molecule has 1 atom stereocenters. The topological polar surface area (TPSA) is 9.23 Å². The molecule has 1 rings (SSSR count). The van der Waals surface area contributed by atoms with Crippen molar-refractivity contribution in [3.8, 4) is 0 Å². The molecule has 0 bridgehead atoms. The highest BCUT2D eigenvalue weighted by molar-refractivity contribution is 6.29. The highest BCUT2D eigenvalue weighted by atomic mass is 35.5. The van der Waals surface area contributed by atoms with E-state index in [-0.39, 0.29) is 0 Å². The lowest BCUT2D eigenvalue weighted by atomic mass is 10.1. The van der Waals surface area contributed by atoms with Crippen molar-refractivity contribution in [2.75, 3.05) is 12.5 Å². The molecule has 54 valence electrons. The third-order valence-electron chi connectivity index (χ3n) is 1.50. The molecule has 1 aliphatic heterocycles. The van der Waals surface area contributed by atoms with E-state index in [0.717, 1.165) is 25.9 Å². The van der Waals surface area contributed by atoms with E-state index >= 15 is 0 Å². The van der Waals surface area contributed by atoms with E-state index in [1.54, 1.807) is 0 Å². The summed E-state index contributed by atoms with van der Waals surface area (Å²) in [6, 6.07) is 0. The van der Waals surface area contributed by atoms with E-state index in [1.165, 1.54) is 0 Å². The fourth-order valence-corrected chi connectivity index (χ4v) is 1.35. The Bertz CT molecular complexity index is 89.1. The number of ether oxygens (including phenoxy) is 1. The Kier molecular flexibility index (Phi) is 2.62. The summed E-state index contributed by atoms with van der Waals surface area (Å²) >= 11 is 11.5. The van der Waals surface area contributed by atoms with E-state index in [9.17, 15) is 0 Å². The first-order chi connectivity index (χ1) is 4.27. The normalized spacial score (nSPS) is 36.7. The molecule has 0 aromatic rings. The van der Waals surface area contributed by atoms with E-state index in [4.69, 9.17) is 27.9 Å². The molecule has 1 heterocycles. The maximum absolute atomic E-state index is 5.91. The summed E-state index contributed by atoms with van der Waals surface area (Å²) in [4.78, 5) is 0. The smallest absolute Gasteiger partial charge is 0.155 e. The fourth-order valence-electron chi connectivity index (χ4n) is 0.924. The van der Waals surface area contributed by atoms with Gasteiger partial charge in [-0.1, -0.05) is 11.6 Å². The molecular formula is C6H10Cl2O. The molecule has 0 aromatic carbocycles. The van der Waals surface area contributed by atoms with Gasteiger partial charge in [-0.2, -0.15) is 0 Å². The van der Waals surface area contributed by atoms with Crippen LogP contribution in [0.3, 0.4) is 0 Å². The minimum absolute atomic E-state index is 0.397. The van der Waals surface area contributed by atoms with Crippen molar-refractivity contribution in [1.82, 2.24) is 0 Å². The van der Waals surface area contributed by atoms with Gasteiger partial charge in [-0.25, -0.2) is 0 Å². The Balaban J connectivity index is 2.37. The summed E-state index contributed by atoms with van der Waals surface area (Å²) in [5.41, 5.74) is 0. The van der Waals surface area contributed by atoms with Crippen LogP contribution >= 0.6 is 23.2 Å². The second kappa shape index (κ2) is 3.09. The van der Waals surface area contributed by atoms with Gasteiger partial charge in [0.25, 0.3) is 0 Å². The van der Waals surface area contributed by atoms with E-state index in [0.29, 0.717) is 5.88 Å². The SMILES string of the molecule is ClCC1(Cl)CCCCO1. The summed E-state index contributed by atoms with van der Waals surface area (Å²) in [6.45, 7) is 0.760. The predicted octanol–water partition coefficient (Wildman–Crippen LogP) is 2.36. The minimum Gasteiger partial charge on any atom is -0.359 e. The zero-order valence-electron chi connectivity index (χ0n) is 5.20. The summed E-state index contributed by atoms with van der Waals surface area (Å²) in [7, 11) is 0. The first-order valence-corrected chi connectivity index (χ1v) is 4.07. The molecule has 0 radical (unpaired) electrons. The molecule has 0 aromatic heterocycles. The highest BCUT2D eigenvalue weighted by Gasteiger charge is 2.28. The van der Waals surface area contributed by atoms with Crippen LogP contribution in [0, 0.1) is 0 Å². The first-order valence-electron chi connectivity index (χ1n) is 3.16. The van der Waals surface area contributed by atoms with E-state index in [2.05, 4.69) is 0 Å². The molecule has 1 aliphatic rings. The van der Waals surface area contributed by atoms with E-state index < -0.39 is 5.06 Å². The number of alkyl halides is 2. The van der Waals surface area contributed by atoms with Crippen molar-refractivity contribution in [3.05, 3.63) is 0 Å². The van der Waals surface area contributed by atoms with Crippen molar-refractivity contribution in [3.63, 3.8) is 0 Å². The molecular weight excluding hydrogens is 159 g/mol. The van der Waals surface area contributed by atoms with Crippen LogP contribution in [0.1, 0.15) is 19.3 Å². The van der Waals surface area contributed by atoms with Gasteiger partial charge in [0, 0.05) is 6.61 Å². The average Bonchev–Trinajstić information content (AvgIpc) is 1.90. The zero-order valence-corrected chi connectivity index (χ0v) is 6.71. The lowest BCUT2D eigenvalue weighted by Crippen LogP contribution is -2.31. The standard InChI is InChI=1S/C6H10Cl2O/c7-5-6(8)3-1-2-4-9-6/h1-5H2. The van der Waals surface area contributed by atoms with E-state index in [1.807, 2.05) is 0 Å². The monoisotopic (exact) mass is 168 g/mol. The van der Waals surface area contributed by atoms with Crippen LogP contribution in [0.4, 0.5) is 0 Å². The fraction of sp³-hybridized carbons (Fsp3) is 1.00. The molecule has 0 N–H and O–H groups in total. The Hall–Kier alpha value is 0.540. The quantitative estimate of drug-likeness (QED) is 0.547. The minimum atomic E-state index is -0.542.